The van der Waals surface area contributed by atoms with Gasteiger partial charge < -0.3 is 14.0 Å². The molecule has 0 N–H and O–H groups in total. The highest BCUT2D eigenvalue weighted by molar-refractivity contribution is 7.07. The molecule has 1 fully saturated rings. The number of aromatic nitrogens is 1. The number of benzene rings is 1. The third kappa shape index (κ3) is 4.26. The third-order valence-corrected chi connectivity index (χ3v) is 5.23. The standard InChI is InChI=1S/C18H25N3O2S/c1-15-14-24-18(19-16-6-3-4-7-17(16)22-2)21(15)9-5-8-20-10-12-23-13-11-20/h3-4,6-7,14H,5,8-13H2,1-2H3. The van der Waals surface area contributed by atoms with E-state index in [1.54, 1.807) is 18.4 Å². The van der Waals surface area contributed by atoms with E-state index in [0.29, 0.717) is 0 Å². The van der Waals surface area contributed by atoms with E-state index < -0.39 is 0 Å². The van der Waals surface area contributed by atoms with Crippen LogP contribution in [0.1, 0.15) is 12.1 Å². The predicted molar refractivity (Wildman–Crippen MR) is 97.1 cm³/mol. The van der Waals surface area contributed by atoms with Gasteiger partial charge in [0.2, 0.25) is 0 Å². The molecule has 130 valence electrons. The van der Waals surface area contributed by atoms with Crippen LogP contribution in [0, 0.1) is 6.92 Å². The zero-order valence-electron chi connectivity index (χ0n) is 14.4. The van der Waals surface area contributed by atoms with Crippen LogP contribution in [0.3, 0.4) is 0 Å². The van der Waals surface area contributed by atoms with Gasteiger partial charge in [0.25, 0.3) is 0 Å². The molecule has 0 saturated carbocycles. The number of morpholine rings is 1. The normalized spacial score (nSPS) is 16.5. The van der Waals surface area contributed by atoms with Gasteiger partial charge in [0.1, 0.15) is 11.4 Å². The Hall–Kier alpha value is -1.63. The highest BCUT2D eigenvalue weighted by atomic mass is 32.1. The Morgan fingerprint density at radius 3 is 2.79 bits per heavy atom. The molecule has 5 nitrogen and oxygen atoms in total. The van der Waals surface area contributed by atoms with Crippen molar-refractivity contribution in [3.63, 3.8) is 0 Å². The van der Waals surface area contributed by atoms with E-state index in [1.165, 1.54) is 5.69 Å². The number of para-hydroxylation sites is 2. The number of rotatable bonds is 6. The molecular weight excluding hydrogens is 322 g/mol. The zero-order valence-corrected chi connectivity index (χ0v) is 15.2. The van der Waals surface area contributed by atoms with Crippen LogP contribution in [0.5, 0.6) is 5.75 Å². The lowest BCUT2D eigenvalue weighted by molar-refractivity contribution is 0.0369. The van der Waals surface area contributed by atoms with Crippen LogP contribution in [-0.4, -0.2) is 49.4 Å². The van der Waals surface area contributed by atoms with Crippen LogP contribution in [-0.2, 0) is 11.3 Å². The van der Waals surface area contributed by atoms with Crippen molar-refractivity contribution in [1.82, 2.24) is 9.47 Å². The van der Waals surface area contributed by atoms with Gasteiger partial charge in [0, 0.05) is 37.3 Å². The highest BCUT2D eigenvalue weighted by Gasteiger charge is 2.10. The van der Waals surface area contributed by atoms with Gasteiger partial charge in [-0.25, -0.2) is 4.99 Å². The Kier molecular flexibility index (Phi) is 6.07. The van der Waals surface area contributed by atoms with Crippen LogP contribution in [0.15, 0.2) is 34.6 Å². The van der Waals surface area contributed by atoms with Gasteiger partial charge in [-0.1, -0.05) is 12.1 Å². The number of hydrogen-bond acceptors (Lipinski definition) is 5. The van der Waals surface area contributed by atoms with Crippen molar-refractivity contribution < 1.29 is 9.47 Å². The minimum atomic E-state index is 0.809. The van der Waals surface area contributed by atoms with Crippen LogP contribution in [0.25, 0.3) is 0 Å². The van der Waals surface area contributed by atoms with Gasteiger partial charge in [-0.15, -0.1) is 11.3 Å². The van der Waals surface area contributed by atoms with Gasteiger partial charge in [0.15, 0.2) is 4.80 Å². The summed E-state index contributed by atoms with van der Waals surface area (Å²) in [4.78, 5) is 8.32. The molecule has 0 bridgehead atoms. The summed E-state index contributed by atoms with van der Waals surface area (Å²) in [5.41, 5.74) is 2.14. The highest BCUT2D eigenvalue weighted by Crippen LogP contribution is 2.25. The Bertz CT molecular complexity index is 717. The Morgan fingerprint density at radius 1 is 1.21 bits per heavy atom. The van der Waals surface area contributed by atoms with Crippen molar-refractivity contribution in [1.29, 1.82) is 0 Å². The molecule has 1 aliphatic rings. The maximum atomic E-state index is 5.41. The SMILES string of the molecule is COc1ccccc1N=c1scc(C)n1CCCN1CCOCC1. The summed E-state index contributed by atoms with van der Waals surface area (Å²) in [6.45, 7) is 8.06. The largest absolute Gasteiger partial charge is 0.494 e. The predicted octanol–water partition coefficient (Wildman–Crippen LogP) is 2.82. The quantitative estimate of drug-likeness (QED) is 0.807. The Morgan fingerprint density at radius 2 is 2.00 bits per heavy atom. The number of hydrogen-bond donors (Lipinski definition) is 0. The van der Waals surface area contributed by atoms with Gasteiger partial charge in [0.05, 0.1) is 20.3 Å². The first kappa shape index (κ1) is 17.2. The average Bonchev–Trinajstić information content (AvgIpc) is 2.96. The van der Waals surface area contributed by atoms with Gasteiger partial charge >= 0.3 is 0 Å². The summed E-state index contributed by atoms with van der Waals surface area (Å²) in [7, 11) is 1.68. The second-order valence-electron chi connectivity index (χ2n) is 5.90. The summed E-state index contributed by atoms with van der Waals surface area (Å²) in [6.07, 6.45) is 1.12. The summed E-state index contributed by atoms with van der Waals surface area (Å²) in [5.74, 6) is 0.809. The topological polar surface area (TPSA) is 39.0 Å². The lowest BCUT2D eigenvalue weighted by atomic mass is 10.3. The first-order valence-corrected chi connectivity index (χ1v) is 9.28. The van der Waals surface area contributed by atoms with Crippen LogP contribution in [0.4, 0.5) is 5.69 Å². The van der Waals surface area contributed by atoms with Crippen molar-refractivity contribution in [3.8, 4) is 5.75 Å². The number of nitrogens with zero attached hydrogens (tertiary/aromatic N) is 3. The average molecular weight is 347 g/mol. The molecule has 0 amide bonds. The Balaban J connectivity index is 1.72. The molecule has 0 atom stereocenters. The molecule has 2 heterocycles. The van der Waals surface area contributed by atoms with Crippen molar-refractivity contribution in [3.05, 3.63) is 40.1 Å². The molecule has 0 unspecified atom stereocenters. The summed E-state index contributed by atoms with van der Waals surface area (Å²) in [5, 5.41) is 2.17. The van der Waals surface area contributed by atoms with E-state index in [0.717, 1.165) is 62.1 Å². The van der Waals surface area contributed by atoms with Gasteiger partial charge in [-0.05, 0) is 25.5 Å². The molecule has 0 aliphatic carbocycles. The molecule has 2 aromatic rings. The number of aryl methyl sites for hydroxylation is 1. The first-order valence-electron chi connectivity index (χ1n) is 8.40. The van der Waals surface area contributed by atoms with Crippen molar-refractivity contribution in [2.75, 3.05) is 40.0 Å². The second kappa shape index (κ2) is 8.46. The van der Waals surface area contributed by atoms with Crippen molar-refractivity contribution >= 4 is 17.0 Å². The van der Waals surface area contributed by atoms with Crippen molar-refractivity contribution in [2.45, 2.75) is 19.9 Å². The summed E-state index contributed by atoms with van der Waals surface area (Å²) < 4.78 is 13.1. The smallest absolute Gasteiger partial charge is 0.190 e. The van der Waals surface area contributed by atoms with Crippen LogP contribution in [0.2, 0.25) is 0 Å². The fraction of sp³-hybridized carbons (Fsp3) is 0.500. The molecule has 1 aliphatic heterocycles. The number of methoxy groups -OCH3 is 1. The monoisotopic (exact) mass is 347 g/mol. The molecule has 1 aromatic carbocycles. The molecule has 6 heteroatoms. The molecule has 3 rings (SSSR count). The second-order valence-corrected chi connectivity index (χ2v) is 6.74. The van der Waals surface area contributed by atoms with Gasteiger partial charge in [-0.2, -0.15) is 0 Å². The van der Waals surface area contributed by atoms with Crippen molar-refractivity contribution in [2.24, 2.45) is 4.99 Å². The lowest BCUT2D eigenvalue weighted by Crippen LogP contribution is -2.37. The molecule has 0 spiro atoms. The van der Waals surface area contributed by atoms with Crippen LogP contribution < -0.4 is 9.54 Å². The molecule has 24 heavy (non-hydrogen) atoms. The van der Waals surface area contributed by atoms with E-state index >= 15 is 0 Å². The summed E-state index contributed by atoms with van der Waals surface area (Å²) in [6, 6.07) is 7.90. The number of ether oxygens (including phenoxy) is 2. The van der Waals surface area contributed by atoms with Gasteiger partial charge in [-0.3, -0.25) is 4.90 Å². The number of thiazole rings is 1. The Labute approximate surface area is 147 Å². The molecular formula is C18H25N3O2S. The van der Waals surface area contributed by atoms with E-state index in [9.17, 15) is 0 Å². The van der Waals surface area contributed by atoms with E-state index in [2.05, 4.69) is 21.8 Å². The molecule has 1 aromatic heterocycles. The summed E-state index contributed by atoms with van der Waals surface area (Å²) >= 11 is 1.68. The third-order valence-electron chi connectivity index (χ3n) is 4.25. The fourth-order valence-electron chi connectivity index (χ4n) is 2.88. The fourth-order valence-corrected chi connectivity index (χ4v) is 3.79. The zero-order chi connectivity index (χ0) is 16.8. The van der Waals surface area contributed by atoms with E-state index in [1.807, 2.05) is 24.3 Å². The van der Waals surface area contributed by atoms with Crippen LogP contribution >= 0.6 is 11.3 Å². The minimum Gasteiger partial charge on any atom is -0.494 e. The maximum Gasteiger partial charge on any atom is 0.190 e. The lowest BCUT2D eigenvalue weighted by Gasteiger charge is -2.26. The first-order chi connectivity index (χ1) is 11.8. The minimum absolute atomic E-state index is 0.809. The van der Waals surface area contributed by atoms with E-state index in [4.69, 9.17) is 14.5 Å². The molecule has 1 saturated heterocycles. The van der Waals surface area contributed by atoms with E-state index in [-0.39, 0.29) is 0 Å². The molecule has 0 radical (unpaired) electrons. The maximum absolute atomic E-state index is 5.41.